The molecule has 0 unspecified atom stereocenters. The Hall–Kier alpha value is -1.43. The number of halogens is 1. The van der Waals surface area contributed by atoms with E-state index in [-0.39, 0.29) is 5.78 Å². The molecule has 0 spiro atoms. The monoisotopic (exact) mass is 338 g/mol. The highest BCUT2D eigenvalue weighted by Crippen LogP contribution is 2.13. The van der Waals surface area contributed by atoms with Crippen molar-refractivity contribution in [1.82, 2.24) is 9.78 Å². The maximum absolute atomic E-state index is 11.8. The number of allylic oxidation sites excluding steroid dienone is 1. The molecule has 3 nitrogen and oxygen atoms in total. The van der Waals surface area contributed by atoms with Gasteiger partial charge in [-0.15, -0.1) is 0 Å². The van der Waals surface area contributed by atoms with Crippen LogP contribution in [0.1, 0.15) is 15.9 Å². The second kappa shape index (κ2) is 5.27. The second-order valence-corrected chi connectivity index (χ2v) is 4.78. The van der Waals surface area contributed by atoms with Gasteiger partial charge in [0.15, 0.2) is 5.78 Å². The van der Waals surface area contributed by atoms with Gasteiger partial charge >= 0.3 is 0 Å². The molecule has 1 aromatic carbocycles. The smallest absolute Gasteiger partial charge is 0.189 e. The van der Waals surface area contributed by atoms with Crippen LogP contribution in [0, 0.1) is 3.57 Å². The van der Waals surface area contributed by atoms with Gasteiger partial charge in [-0.3, -0.25) is 9.48 Å². The summed E-state index contributed by atoms with van der Waals surface area (Å²) in [7, 11) is 1.79. The molecule has 0 bridgehead atoms. The lowest BCUT2D eigenvalue weighted by Gasteiger charge is -1.96. The summed E-state index contributed by atoms with van der Waals surface area (Å²) in [5.74, 6) is -0.0299. The maximum atomic E-state index is 11.8. The standard InChI is InChI=1S/C13H11IN2O/c1-16-9-11(8-15-16)13(17)7-6-10-4-2-3-5-12(10)14/h2-9H,1H3/b7-6+. The fourth-order valence-electron chi connectivity index (χ4n) is 1.42. The number of aryl methyl sites for hydroxylation is 1. The third-order valence-electron chi connectivity index (χ3n) is 2.31. The molecule has 0 aliphatic rings. The maximum Gasteiger partial charge on any atom is 0.189 e. The Balaban J connectivity index is 2.17. The van der Waals surface area contributed by atoms with Gasteiger partial charge in [0.25, 0.3) is 0 Å². The normalized spacial score (nSPS) is 10.9. The number of benzene rings is 1. The minimum atomic E-state index is -0.0299. The van der Waals surface area contributed by atoms with Crippen molar-refractivity contribution >= 4 is 34.5 Å². The molecule has 2 aromatic rings. The zero-order valence-electron chi connectivity index (χ0n) is 9.30. The van der Waals surface area contributed by atoms with Gasteiger partial charge in [0.05, 0.1) is 11.8 Å². The van der Waals surface area contributed by atoms with Crippen LogP contribution >= 0.6 is 22.6 Å². The van der Waals surface area contributed by atoms with E-state index in [1.54, 1.807) is 30.2 Å². The molecule has 0 saturated heterocycles. The van der Waals surface area contributed by atoms with Crippen LogP contribution in [0.4, 0.5) is 0 Å². The zero-order chi connectivity index (χ0) is 12.3. The van der Waals surface area contributed by atoms with Crippen LogP contribution in [0.3, 0.4) is 0 Å². The molecule has 0 fully saturated rings. The first-order valence-electron chi connectivity index (χ1n) is 5.12. The van der Waals surface area contributed by atoms with Gasteiger partial charge in [0, 0.05) is 16.8 Å². The first-order chi connectivity index (χ1) is 8.16. The lowest BCUT2D eigenvalue weighted by Crippen LogP contribution is -1.92. The highest BCUT2D eigenvalue weighted by molar-refractivity contribution is 14.1. The average molecular weight is 338 g/mol. The number of carbonyl (C=O) groups is 1. The third-order valence-corrected chi connectivity index (χ3v) is 3.29. The SMILES string of the molecule is Cn1cc(C(=O)/C=C/c2ccccc2I)cn1. The quantitative estimate of drug-likeness (QED) is 0.490. The second-order valence-electron chi connectivity index (χ2n) is 3.62. The van der Waals surface area contributed by atoms with Crippen LogP contribution < -0.4 is 0 Å². The van der Waals surface area contributed by atoms with E-state index in [4.69, 9.17) is 0 Å². The summed E-state index contributed by atoms with van der Waals surface area (Å²) < 4.78 is 2.74. The van der Waals surface area contributed by atoms with Crippen molar-refractivity contribution in [2.75, 3.05) is 0 Å². The Labute approximate surface area is 113 Å². The lowest BCUT2D eigenvalue weighted by atomic mass is 10.1. The number of hydrogen-bond acceptors (Lipinski definition) is 2. The van der Waals surface area contributed by atoms with E-state index in [1.807, 2.05) is 30.3 Å². The van der Waals surface area contributed by atoms with Crippen molar-refractivity contribution < 1.29 is 4.79 Å². The first kappa shape index (κ1) is 12.0. The van der Waals surface area contributed by atoms with E-state index in [9.17, 15) is 4.79 Å². The zero-order valence-corrected chi connectivity index (χ0v) is 11.5. The third kappa shape index (κ3) is 3.03. The minimum Gasteiger partial charge on any atom is -0.289 e. The average Bonchev–Trinajstić information content (AvgIpc) is 2.74. The summed E-state index contributed by atoms with van der Waals surface area (Å²) in [5, 5.41) is 3.97. The van der Waals surface area contributed by atoms with E-state index < -0.39 is 0 Å². The van der Waals surface area contributed by atoms with E-state index in [0.29, 0.717) is 5.56 Å². The number of rotatable bonds is 3. The van der Waals surface area contributed by atoms with E-state index >= 15 is 0 Å². The number of nitrogens with zero attached hydrogens (tertiary/aromatic N) is 2. The Morgan fingerprint density at radius 2 is 2.18 bits per heavy atom. The summed E-state index contributed by atoms with van der Waals surface area (Å²) in [6.45, 7) is 0. The Morgan fingerprint density at radius 3 is 2.82 bits per heavy atom. The predicted molar refractivity (Wildman–Crippen MR) is 75.7 cm³/mol. The molecule has 0 radical (unpaired) electrons. The van der Waals surface area contributed by atoms with Crippen molar-refractivity contribution in [2.24, 2.45) is 7.05 Å². The Kier molecular flexibility index (Phi) is 3.73. The van der Waals surface area contributed by atoms with Crippen LogP contribution in [0.2, 0.25) is 0 Å². The summed E-state index contributed by atoms with van der Waals surface area (Å²) >= 11 is 2.25. The van der Waals surface area contributed by atoms with Gasteiger partial charge in [-0.2, -0.15) is 5.10 Å². The van der Waals surface area contributed by atoms with Gasteiger partial charge in [-0.1, -0.05) is 24.3 Å². The summed E-state index contributed by atoms with van der Waals surface area (Å²) in [4.78, 5) is 11.8. The molecular weight excluding hydrogens is 327 g/mol. The topological polar surface area (TPSA) is 34.9 Å². The Morgan fingerprint density at radius 1 is 1.41 bits per heavy atom. The number of ketones is 1. The largest absolute Gasteiger partial charge is 0.289 e. The Bertz CT molecular complexity index is 572. The number of hydrogen-bond donors (Lipinski definition) is 0. The highest BCUT2D eigenvalue weighted by atomic mass is 127. The van der Waals surface area contributed by atoms with Crippen LogP contribution in [-0.4, -0.2) is 15.6 Å². The van der Waals surface area contributed by atoms with Crippen molar-refractivity contribution in [3.8, 4) is 0 Å². The summed E-state index contributed by atoms with van der Waals surface area (Å²) in [6, 6.07) is 7.92. The molecule has 17 heavy (non-hydrogen) atoms. The van der Waals surface area contributed by atoms with Gasteiger partial charge in [0.2, 0.25) is 0 Å². The van der Waals surface area contributed by atoms with E-state index in [1.165, 1.54) is 0 Å². The number of aromatic nitrogens is 2. The molecule has 86 valence electrons. The molecule has 4 heteroatoms. The first-order valence-corrected chi connectivity index (χ1v) is 6.20. The van der Waals surface area contributed by atoms with Crippen LogP contribution in [-0.2, 0) is 7.05 Å². The summed E-state index contributed by atoms with van der Waals surface area (Å²) in [6.07, 6.45) is 6.69. The molecule has 0 amide bonds. The molecule has 0 N–H and O–H groups in total. The van der Waals surface area contributed by atoms with Crippen LogP contribution in [0.25, 0.3) is 6.08 Å². The highest BCUT2D eigenvalue weighted by Gasteiger charge is 2.03. The van der Waals surface area contributed by atoms with Gasteiger partial charge < -0.3 is 0 Å². The van der Waals surface area contributed by atoms with Gasteiger partial charge in [0.1, 0.15) is 0 Å². The van der Waals surface area contributed by atoms with Crippen molar-refractivity contribution in [3.05, 3.63) is 57.4 Å². The van der Waals surface area contributed by atoms with E-state index in [0.717, 1.165) is 9.13 Å². The molecule has 0 saturated carbocycles. The summed E-state index contributed by atoms with van der Waals surface area (Å²) in [5.41, 5.74) is 1.65. The molecule has 0 aliphatic heterocycles. The minimum absolute atomic E-state index is 0.0299. The molecular formula is C13H11IN2O. The van der Waals surface area contributed by atoms with Crippen molar-refractivity contribution in [3.63, 3.8) is 0 Å². The number of carbonyl (C=O) groups excluding carboxylic acids is 1. The van der Waals surface area contributed by atoms with Crippen LogP contribution in [0.5, 0.6) is 0 Å². The van der Waals surface area contributed by atoms with E-state index in [2.05, 4.69) is 27.7 Å². The van der Waals surface area contributed by atoms with Crippen molar-refractivity contribution in [2.45, 2.75) is 0 Å². The molecule has 0 atom stereocenters. The lowest BCUT2D eigenvalue weighted by molar-refractivity contribution is 0.104. The fourth-order valence-corrected chi connectivity index (χ4v) is 1.99. The predicted octanol–water partition coefficient (Wildman–Crippen LogP) is 2.92. The van der Waals surface area contributed by atoms with Crippen molar-refractivity contribution in [1.29, 1.82) is 0 Å². The molecule has 1 heterocycles. The fraction of sp³-hybridized carbons (Fsp3) is 0.0769. The van der Waals surface area contributed by atoms with Gasteiger partial charge in [-0.05, 0) is 40.3 Å². The molecule has 0 aliphatic carbocycles. The molecule has 2 rings (SSSR count). The van der Waals surface area contributed by atoms with Crippen LogP contribution in [0.15, 0.2) is 42.7 Å². The molecule has 1 aromatic heterocycles. The van der Waals surface area contributed by atoms with Gasteiger partial charge in [-0.25, -0.2) is 0 Å².